The molecule has 27 heavy (non-hydrogen) atoms. The van der Waals surface area contributed by atoms with Crippen molar-refractivity contribution in [2.75, 3.05) is 26.7 Å². The highest BCUT2D eigenvalue weighted by Gasteiger charge is 2.27. The van der Waals surface area contributed by atoms with E-state index in [0.29, 0.717) is 11.9 Å². The molecular formula is C19H30IN5O2. The van der Waals surface area contributed by atoms with Gasteiger partial charge < -0.3 is 20.3 Å². The van der Waals surface area contributed by atoms with E-state index in [1.165, 1.54) is 19.3 Å². The highest BCUT2D eigenvalue weighted by molar-refractivity contribution is 14.0. The normalized spacial score (nSPS) is 20.7. The third-order valence-electron chi connectivity index (χ3n) is 4.96. The van der Waals surface area contributed by atoms with Gasteiger partial charge in [-0.15, -0.1) is 24.0 Å². The van der Waals surface area contributed by atoms with Crippen LogP contribution in [0.2, 0.25) is 0 Å². The first kappa shape index (κ1) is 21.7. The van der Waals surface area contributed by atoms with Crippen molar-refractivity contribution < 1.29 is 9.53 Å². The van der Waals surface area contributed by atoms with Crippen molar-refractivity contribution >= 4 is 35.8 Å². The quantitative estimate of drug-likeness (QED) is 0.378. The van der Waals surface area contributed by atoms with Crippen LogP contribution in [0, 0.1) is 0 Å². The number of aliphatic imine (C=N–C) groups is 1. The topological polar surface area (TPSA) is 78.9 Å². The van der Waals surface area contributed by atoms with Gasteiger partial charge in [-0.05, 0) is 18.9 Å². The van der Waals surface area contributed by atoms with Gasteiger partial charge >= 0.3 is 0 Å². The van der Waals surface area contributed by atoms with E-state index in [0.717, 1.165) is 38.3 Å². The number of nitrogens with one attached hydrogen (secondary N) is 2. The fraction of sp³-hybridized carbons (Fsp3) is 0.632. The largest absolute Gasteiger partial charge is 0.472 e. The lowest BCUT2D eigenvalue weighted by Crippen LogP contribution is -2.47. The standard InChI is InChI=1S/C19H29N5O2.HI/c1-20-19(22-13-17(25)23-15-7-3-2-4-8-15)24-12-10-16(14-24)26-18-9-5-6-11-21-18;/h5-6,9,11,15-16H,2-4,7-8,10,12-14H2,1H3,(H,20,22)(H,23,25);1H. The van der Waals surface area contributed by atoms with Gasteiger partial charge in [-0.3, -0.25) is 9.79 Å². The van der Waals surface area contributed by atoms with Crippen LogP contribution >= 0.6 is 24.0 Å². The van der Waals surface area contributed by atoms with E-state index >= 15 is 0 Å². The van der Waals surface area contributed by atoms with Crippen LogP contribution in [0.3, 0.4) is 0 Å². The minimum atomic E-state index is 0. The summed E-state index contributed by atoms with van der Waals surface area (Å²) in [5.41, 5.74) is 0. The van der Waals surface area contributed by atoms with Gasteiger partial charge in [0, 0.05) is 38.3 Å². The summed E-state index contributed by atoms with van der Waals surface area (Å²) in [4.78, 5) is 22.8. The summed E-state index contributed by atoms with van der Waals surface area (Å²) in [5, 5.41) is 6.30. The molecule has 1 amide bonds. The van der Waals surface area contributed by atoms with Crippen molar-refractivity contribution in [2.24, 2.45) is 4.99 Å². The van der Waals surface area contributed by atoms with Gasteiger partial charge in [0.05, 0.1) is 13.1 Å². The SMILES string of the molecule is CN=C(NCC(=O)NC1CCCCC1)N1CCC(Oc2ccccn2)C1.I. The van der Waals surface area contributed by atoms with E-state index in [-0.39, 0.29) is 42.5 Å². The molecule has 0 radical (unpaired) electrons. The van der Waals surface area contributed by atoms with Crippen LogP contribution in [-0.2, 0) is 4.79 Å². The number of carbonyl (C=O) groups excluding carboxylic acids is 1. The minimum absolute atomic E-state index is 0. The predicted molar refractivity (Wildman–Crippen MR) is 117 cm³/mol. The number of amides is 1. The molecule has 1 atom stereocenters. The van der Waals surface area contributed by atoms with Crippen molar-refractivity contribution in [3.05, 3.63) is 24.4 Å². The fourth-order valence-electron chi connectivity index (χ4n) is 3.62. The first-order chi connectivity index (χ1) is 12.7. The molecule has 1 aromatic heterocycles. The van der Waals surface area contributed by atoms with Crippen molar-refractivity contribution in [3.63, 3.8) is 0 Å². The number of hydrogen-bond donors (Lipinski definition) is 2. The number of pyridine rings is 1. The second-order valence-electron chi connectivity index (χ2n) is 6.95. The van der Waals surface area contributed by atoms with Gasteiger partial charge in [-0.1, -0.05) is 25.3 Å². The van der Waals surface area contributed by atoms with Crippen molar-refractivity contribution in [1.29, 1.82) is 0 Å². The Morgan fingerprint density at radius 2 is 2.11 bits per heavy atom. The van der Waals surface area contributed by atoms with Gasteiger partial charge in [0.15, 0.2) is 5.96 Å². The van der Waals surface area contributed by atoms with Crippen molar-refractivity contribution in [1.82, 2.24) is 20.5 Å². The molecule has 2 fully saturated rings. The zero-order valence-electron chi connectivity index (χ0n) is 15.9. The number of rotatable bonds is 5. The maximum atomic E-state index is 12.2. The summed E-state index contributed by atoms with van der Waals surface area (Å²) in [6, 6.07) is 5.99. The molecule has 1 saturated heterocycles. The zero-order chi connectivity index (χ0) is 18.2. The monoisotopic (exact) mass is 487 g/mol. The molecule has 7 nitrogen and oxygen atoms in total. The molecular weight excluding hydrogens is 457 g/mol. The lowest BCUT2D eigenvalue weighted by Gasteiger charge is -2.24. The smallest absolute Gasteiger partial charge is 0.239 e. The van der Waals surface area contributed by atoms with Crippen LogP contribution in [0.15, 0.2) is 29.4 Å². The number of hydrogen-bond acceptors (Lipinski definition) is 4. The van der Waals surface area contributed by atoms with Crippen LogP contribution in [0.1, 0.15) is 38.5 Å². The summed E-state index contributed by atoms with van der Waals surface area (Å²) >= 11 is 0. The van der Waals surface area contributed by atoms with Crippen LogP contribution in [0.4, 0.5) is 0 Å². The Morgan fingerprint density at radius 3 is 2.81 bits per heavy atom. The van der Waals surface area contributed by atoms with Gasteiger partial charge in [0.2, 0.25) is 11.8 Å². The summed E-state index contributed by atoms with van der Waals surface area (Å²) in [5.74, 6) is 1.43. The molecule has 1 aliphatic carbocycles. The summed E-state index contributed by atoms with van der Waals surface area (Å²) < 4.78 is 5.91. The molecule has 150 valence electrons. The molecule has 1 aromatic rings. The molecule has 0 bridgehead atoms. The predicted octanol–water partition coefficient (Wildman–Crippen LogP) is 2.18. The lowest BCUT2D eigenvalue weighted by molar-refractivity contribution is -0.120. The number of halogens is 1. The number of aromatic nitrogens is 1. The minimum Gasteiger partial charge on any atom is -0.472 e. The van der Waals surface area contributed by atoms with Gasteiger partial charge in [0.1, 0.15) is 6.10 Å². The molecule has 0 spiro atoms. The maximum absolute atomic E-state index is 12.2. The third kappa shape index (κ3) is 6.82. The number of guanidine groups is 1. The number of likely N-dealkylation sites (tertiary alicyclic amines) is 1. The first-order valence-electron chi connectivity index (χ1n) is 9.57. The summed E-state index contributed by atoms with van der Waals surface area (Å²) in [6.07, 6.45) is 8.63. The zero-order valence-corrected chi connectivity index (χ0v) is 18.2. The summed E-state index contributed by atoms with van der Waals surface area (Å²) in [7, 11) is 1.74. The Morgan fingerprint density at radius 1 is 1.30 bits per heavy atom. The van der Waals surface area contributed by atoms with Crippen LogP contribution < -0.4 is 15.4 Å². The molecule has 2 aliphatic rings. The molecule has 8 heteroatoms. The Balaban J connectivity index is 0.00000261. The molecule has 1 saturated carbocycles. The Kier molecular flexibility index (Phi) is 9.09. The second kappa shape index (κ2) is 11.3. The van der Waals surface area contributed by atoms with E-state index in [2.05, 4.69) is 25.5 Å². The van der Waals surface area contributed by atoms with Crippen molar-refractivity contribution in [3.8, 4) is 5.88 Å². The van der Waals surface area contributed by atoms with Gasteiger partial charge in [-0.25, -0.2) is 4.98 Å². The fourth-order valence-corrected chi connectivity index (χ4v) is 3.62. The van der Waals surface area contributed by atoms with E-state index in [4.69, 9.17) is 4.74 Å². The Labute approximate surface area is 178 Å². The van der Waals surface area contributed by atoms with Crippen LogP contribution in [-0.4, -0.2) is 60.6 Å². The van der Waals surface area contributed by atoms with Crippen LogP contribution in [0.25, 0.3) is 0 Å². The molecule has 1 unspecified atom stereocenters. The average molecular weight is 487 g/mol. The lowest BCUT2D eigenvalue weighted by atomic mass is 9.95. The molecule has 0 aromatic carbocycles. The molecule has 3 rings (SSSR count). The maximum Gasteiger partial charge on any atom is 0.239 e. The Bertz CT molecular complexity index is 607. The second-order valence-corrected chi connectivity index (χ2v) is 6.95. The number of nitrogens with zero attached hydrogens (tertiary/aromatic N) is 3. The molecule has 2 N–H and O–H groups in total. The highest BCUT2D eigenvalue weighted by Crippen LogP contribution is 2.17. The number of carbonyl (C=O) groups is 1. The number of ether oxygens (including phenoxy) is 1. The van der Waals surface area contributed by atoms with Crippen LogP contribution in [0.5, 0.6) is 5.88 Å². The van der Waals surface area contributed by atoms with E-state index in [1.807, 2.05) is 18.2 Å². The highest BCUT2D eigenvalue weighted by atomic mass is 127. The van der Waals surface area contributed by atoms with E-state index in [9.17, 15) is 4.79 Å². The first-order valence-corrected chi connectivity index (χ1v) is 9.57. The van der Waals surface area contributed by atoms with Crippen molar-refractivity contribution in [2.45, 2.75) is 50.7 Å². The average Bonchev–Trinajstić information content (AvgIpc) is 3.12. The Hall–Kier alpha value is -1.58. The van der Waals surface area contributed by atoms with Gasteiger partial charge in [-0.2, -0.15) is 0 Å². The van der Waals surface area contributed by atoms with E-state index < -0.39 is 0 Å². The van der Waals surface area contributed by atoms with Gasteiger partial charge in [0.25, 0.3) is 0 Å². The van der Waals surface area contributed by atoms with E-state index in [1.54, 1.807) is 13.2 Å². The molecule has 1 aliphatic heterocycles. The molecule has 2 heterocycles. The summed E-state index contributed by atoms with van der Waals surface area (Å²) in [6.45, 7) is 1.84. The third-order valence-corrected chi connectivity index (χ3v) is 4.96.